The molecule has 0 spiro atoms. The molecule has 0 amide bonds. The molecule has 0 aliphatic heterocycles. The molecule has 1 aromatic carbocycles. The van der Waals surface area contributed by atoms with E-state index in [9.17, 15) is 14.6 Å². The first-order valence-corrected chi connectivity index (χ1v) is 9.14. The van der Waals surface area contributed by atoms with Gasteiger partial charge in [0.2, 0.25) is 0 Å². The summed E-state index contributed by atoms with van der Waals surface area (Å²) in [5.74, 6) is 1.57. The van der Waals surface area contributed by atoms with Gasteiger partial charge < -0.3 is 24.8 Å². The number of allylic oxidation sites excluding steroid dienone is 3. The number of aliphatic hydroxyl groups is 3. The molecular formula is C21H29FO5. The van der Waals surface area contributed by atoms with Crippen LogP contribution in [-0.4, -0.2) is 54.0 Å². The van der Waals surface area contributed by atoms with Gasteiger partial charge in [-0.05, 0) is 47.6 Å². The van der Waals surface area contributed by atoms with E-state index in [1.807, 2.05) is 36.4 Å². The summed E-state index contributed by atoms with van der Waals surface area (Å²) in [5, 5.41) is 27.4. The van der Waals surface area contributed by atoms with Gasteiger partial charge in [-0.25, -0.2) is 4.39 Å². The van der Waals surface area contributed by atoms with Crippen molar-refractivity contribution in [2.45, 2.75) is 37.9 Å². The average molecular weight is 380 g/mol. The smallest absolute Gasteiger partial charge is 0.119 e. The first-order chi connectivity index (χ1) is 12.9. The predicted octanol–water partition coefficient (Wildman–Crippen LogP) is 2.50. The number of hydrogen-bond donors (Lipinski definition) is 3. The molecule has 0 saturated carbocycles. The Hall–Kier alpha value is -1.89. The standard InChI is InChI=1S/C21H29FO5/c1-21(2,15-3-7-19(8-4-15)26-13-17(24)11-22)16-5-9-20(10-6-16)27-14-18(25)12-23/h3-5,7-10,16-18,23-25H,6,11-14H2,1-2H3. The minimum atomic E-state index is -1.10. The lowest BCUT2D eigenvalue weighted by Gasteiger charge is -2.34. The van der Waals surface area contributed by atoms with Gasteiger partial charge in [-0.1, -0.05) is 32.1 Å². The quantitative estimate of drug-likeness (QED) is 0.581. The van der Waals surface area contributed by atoms with Crippen molar-refractivity contribution in [2.24, 2.45) is 5.92 Å². The van der Waals surface area contributed by atoms with Crippen molar-refractivity contribution in [1.82, 2.24) is 0 Å². The second kappa shape index (κ2) is 9.88. The predicted molar refractivity (Wildman–Crippen MR) is 101 cm³/mol. The Bertz CT molecular complexity index is 638. The molecule has 3 atom stereocenters. The third kappa shape index (κ3) is 6.06. The van der Waals surface area contributed by atoms with Crippen LogP contribution in [-0.2, 0) is 10.2 Å². The van der Waals surface area contributed by atoms with Gasteiger partial charge in [-0.3, -0.25) is 0 Å². The van der Waals surface area contributed by atoms with Crippen LogP contribution in [0, 0.1) is 5.92 Å². The third-order valence-corrected chi connectivity index (χ3v) is 4.86. The van der Waals surface area contributed by atoms with Crippen molar-refractivity contribution in [3.05, 3.63) is 53.8 Å². The van der Waals surface area contributed by atoms with Crippen molar-refractivity contribution >= 4 is 0 Å². The van der Waals surface area contributed by atoms with Crippen molar-refractivity contribution in [2.75, 3.05) is 26.5 Å². The van der Waals surface area contributed by atoms with Gasteiger partial charge in [0.25, 0.3) is 0 Å². The van der Waals surface area contributed by atoms with Crippen LogP contribution in [0.25, 0.3) is 0 Å². The Morgan fingerprint density at radius 2 is 1.78 bits per heavy atom. The number of rotatable bonds is 10. The molecule has 0 heterocycles. The molecule has 0 aromatic heterocycles. The van der Waals surface area contributed by atoms with E-state index in [-0.39, 0.29) is 31.2 Å². The van der Waals surface area contributed by atoms with E-state index < -0.39 is 18.9 Å². The minimum Gasteiger partial charge on any atom is -0.491 e. The SMILES string of the molecule is CC(C)(c1ccc(OCC(O)CF)cc1)C1C=CC(OCC(O)CO)=CC1. The summed E-state index contributed by atoms with van der Waals surface area (Å²) in [6.07, 6.45) is 4.82. The molecule has 150 valence electrons. The average Bonchev–Trinajstić information content (AvgIpc) is 2.70. The Morgan fingerprint density at radius 1 is 1.11 bits per heavy atom. The Morgan fingerprint density at radius 3 is 2.33 bits per heavy atom. The molecule has 3 unspecified atom stereocenters. The molecule has 2 rings (SSSR count). The van der Waals surface area contributed by atoms with Gasteiger partial charge in [0.15, 0.2) is 0 Å². The summed E-state index contributed by atoms with van der Waals surface area (Å²) in [4.78, 5) is 0. The van der Waals surface area contributed by atoms with E-state index >= 15 is 0 Å². The lowest BCUT2D eigenvalue weighted by atomic mass is 9.71. The lowest BCUT2D eigenvalue weighted by molar-refractivity contribution is 0.0323. The topological polar surface area (TPSA) is 79.2 Å². The van der Waals surface area contributed by atoms with Crippen LogP contribution in [0.3, 0.4) is 0 Å². The number of alkyl halides is 1. The Kier molecular flexibility index (Phi) is 7.83. The molecule has 1 aliphatic carbocycles. The van der Waals surface area contributed by atoms with Crippen LogP contribution < -0.4 is 4.74 Å². The van der Waals surface area contributed by atoms with Crippen molar-refractivity contribution in [3.8, 4) is 5.75 Å². The zero-order valence-electron chi connectivity index (χ0n) is 15.8. The fraction of sp³-hybridized carbons (Fsp3) is 0.524. The zero-order valence-corrected chi connectivity index (χ0v) is 15.8. The second-order valence-corrected chi connectivity index (χ2v) is 7.32. The summed E-state index contributed by atoms with van der Waals surface area (Å²) in [7, 11) is 0. The summed E-state index contributed by atoms with van der Waals surface area (Å²) < 4.78 is 23.1. The Labute approximate surface area is 159 Å². The van der Waals surface area contributed by atoms with Gasteiger partial charge in [0.1, 0.15) is 43.6 Å². The highest BCUT2D eigenvalue weighted by atomic mass is 19.1. The van der Waals surface area contributed by atoms with Crippen LogP contribution in [0.1, 0.15) is 25.8 Å². The number of benzene rings is 1. The van der Waals surface area contributed by atoms with Crippen LogP contribution in [0.2, 0.25) is 0 Å². The molecule has 0 fully saturated rings. The van der Waals surface area contributed by atoms with Crippen molar-refractivity contribution < 1.29 is 29.2 Å². The number of aliphatic hydroxyl groups excluding tert-OH is 3. The number of ether oxygens (including phenoxy) is 2. The molecule has 5 nitrogen and oxygen atoms in total. The monoisotopic (exact) mass is 380 g/mol. The van der Waals surface area contributed by atoms with Gasteiger partial charge in [-0.2, -0.15) is 0 Å². The number of hydrogen-bond acceptors (Lipinski definition) is 5. The van der Waals surface area contributed by atoms with Crippen molar-refractivity contribution in [3.63, 3.8) is 0 Å². The van der Waals surface area contributed by atoms with E-state index in [1.165, 1.54) is 0 Å². The largest absolute Gasteiger partial charge is 0.491 e. The van der Waals surface area contributed by atoms with E-state index in [0.29, 0.717) is 11.5 Å². The summed E-state index contributed by atoms with van der Waals surface area (Å²) >= 11 is 0. The summed E-state index contributed by atoms with van der Waals surface area (Å²) in [6.45, 7) is 3.19. The zero-order chi connectivity index (χ0) is 19.9. The maximum absolute atomic E-state index is 12.3. The van der Waals surface area contributed by atoms with Gasteiger partial charge >= 0.3 is 0 Å². The highest BCUT2D eigenvalue weighted by Gasteiger charge is 2.30. The normalized spacial score (nSPS) is 19.3. The fourth-order valence-corrected chi connectivity index (χ4v) is 2.92. The highest BCUT2D eigenvalue weighted by Crippen LogP contribution is 2.37. The van der Waals surface area contributed by atoms with E-state index in [1.54, 1.807) is 0 Å². The first kappa shape index (κ1) is 21.4. The summed E-state index contributed by atoms with van der Waals surface area (Å²) in [6, 6.07) is 7.63. The fourth-order valence-electron chi connectivity index (χ4n) is 2.92. The van der Waals surface area contributed by atoms with E-state index in [2.05, 4.69) is 19.9 Å². The lowest BCUT2D eigenvalue weighted by Crippen LogP contribution is -2.28. The van der Waals surface area contributed by atoms with Crippen molar-refractivity contribution in [1.29, 1.82) is 0 Å². The second-order valence-electron chi connectivity index (χ2n) is 7.32. The van der Waals surface area contributed by atoms with Crippen LogP contribution in [0.5, 0.6) is 5.75 Å². The van der Waals surface area contributed by atoms with E-state index in [0.717, 1.165) is 12.0 Å². The van der Waals surface area contributed by atoms with Crippen LogP contribution >= 0.6 is 0 Å². The minimum absolute atomic E-state index is 0.0663. The molecule has 0 bridgehead atoms. The summed E-state index contributed by atoms with van der Waals surface area (Å²) in [5.41, 5.74) is 1.02. The van der Waals surface area contributed by atoms with Gasteiger partial charge in [0.05, 0.1) is 6.61 Å². The molecule has 3 N–H and O–H groups in total. The Balaban J connectivity index is 1.94. The first-order valence-electron chi connectivity index (χ1n) is 9.14. The molecule has 27 heavy (non-hydrogen) atoms. The molecular weight excluding hydrogens is 351 g/mol. The van der Waals surface area contributed by atoms with Crippen LogP contribution in [0.15, 0.2) is 48.3 Å². The van der Waals surface area contributed by atoms with Crippen LogP contribution in [0.4, 0.5) is 4.39 Å². The molecule has 1 aromatic rings. The highest BCUT2D eigenvalue weighted by molar-refractivity contribution is 5.34. The maximum atomic E-state index is 12.3. The van der Waals surface area contributed by atoms with Gasteiger partial charge in [-0.15, -0.1) is 0 Å². The third-order valence-electron chi connectivity index (χ3n) is 4.86. The molecule has 1 aliphatic rings. The maximum Gasteiger partial charge on any atom is 0.119 e. The molecule has 0 saturated heterocycles. The van der Waals surface area contributed by atoms with E-state index in [4.69, 9.17) is 14.6 Å². The number of halogens is 1. The van der Waals surface area contributed by atoms with Gasteiger partial charge in [0, 0.05) is 0 Å². The molecule has 0 radical (unpaired) electrons. The molecule has 6 heteroatoms.